The largest absolute Gasteiger partial charge is 0.362 e. The molecular formula is C6H10ClNO. The molecule has 0 aromatic heterocycles. The highest BCUT2D eigenvalue weighted by Crippen LogP contribution is 1.94. The highest BCUT2D eigenvalue weighted by molar-refractivity contribution is 6.17. The van der Waals surface area contributed by atoms with E-state index in [1.54, 1.807) is 0 Å². The van der Waals surface area contributed by atoms with Gasteiger partial charge in [0.05, 0.1) is 12.7 Å². The van der Waals surface area contributed by atoms with E-state index in [0.717, 1.165) is 6.42 Å². The molecule has 0 amide bonds. The molecule has 0 aromatic carbocycles. The van der Waals surface area contributed by atoms with Crippen LogP contribution in [0.15, 0.2) is 0 Å². The second kappa shape index (κ2) is 5.87. The van der Waals surface area contributed by atoms with Crippen LogP contribution in [0.1, 0.15) is 13.3 Å². The first-order valence-corrected chi connectivity index (χ1v) is 3.45. The minimum atomic E-state index is -0.274. The SMILES string of the molecule is CCC(C#N)OCCCl. The molecule has 52 valence electrons. The number of halogens is 1. The third-order valence-electron chi connectivity index (χ3n) is 0.911. The fraction of sp³-hybridized carbons (Fsp3) is 0.833. The van der Waals surface area contributed by atoms with Gasteiger partial charge in [0.15, 0.2) is 0 Å². The fourth-order valence-corrected chi connectivity index (χ4v) is 0.522. The minimum Gasteiger partial charge on any atom is -0.362 e. The molecule has 0 fully saturated rings. The molecule has 0 saturated heterocycles. The molecule has 0 heterocycles. The molecule has 0 saturated carbocycles. The van der Waals surface area contributed by atoms with Crippen molar-refractivity contribution in [2.75, 3.05) is 12.5 Å². The lowest BCUT2D eigenvalue weighted by Gasteiger charge is -2.04. The number of alkyl halides is 1. The predicted octanol–water partition coefficient (Wildman–Crippen LogP) is 1.54. The molecule has 0 radical (unpaired) electrons. The van der Waals surface area contributed by atoms with E-state index >= 15 is 0 Å². The van der Waals surface area contributed by atoms with Gasteiger partial charge in [-0.3, -0.25) is 0 Å². The van der Waals surface area contributed by atoms with Crippen molar-refractivity contribution in [3.63, 3.8) is 0 Å². The summed E-state index contributed by atoms with van der Waals surface area (Å²) in [4.78, 5) is 0. The summed E-state index contributed by atoms with van der Waals surface area (Å²) in [6.45, 7) is 2.37. The van der Waals surface area contributed by atoms with Crippen molar-refractivity contribution in [3.05, 3.63) is 0 Å². The molecule has 1 atom stereocenters. The highest BCUT2D eigenvalue weighted by Gasteiger charge is 2.01. The van der Waals surface area contributed by atoms with Crippen LogP contribution < -0.4 is 0 Å². The summed E-state index contributed by atoms with van der Waals surface area (Å²) in [5.41, 5.74) is 0. The summed E-state index contributed by atoms with van der Waals surface area (Å²) in [6.07, 6.45) is 0.455. The quantitative estimate of drug-likeness (QED) is 0.566. The van der Waals surface area contributed by atoms with Crippen molar-refractivity contribution >= 4 is 11.6 Å². The maximum Gasteiger partial charge on any atom is 0.143 e. The molecule has 2 nitrogen and oxygen atoms in total. The van der Waals surface area contributed by atoms with E-state index in [2.05, 4.69) is 0 Å². The van der Waals surface area contributed by atoms with Crippen LogP contribution in [0.3, 0.4) is 0 Å². The van der Waals surface area contributed by atoms with Crippen molar-refractivity contribution in [3.8, 4) is 6.07 Å². The van der Waals surface area contributed by atoms with Crippen molar-refractivity contribution in [1.29, 1.82) is 5.26 Å². The Morgan fingerprint density at radius 2 is 2.44 bits per heavy atom. The van der Waals surface area contributed by atoms with E-state index in [9.17, 15) is 0 Å². The van der Waals surface area contributed by atoms with Crippen LogP contribution in [0.5, 0.6) is 0 Å². The van der Waals surface area contributed by atoms with Crippen molar-refractivity contribution < 1.29 is 4.74 Å². The Labute approximate surface area is 60.4 Å². The van der Waals surface area contributed by atoms with Gasteiger partial charge in [-0.15, -0.1) is 11.6 Å². The first-order chi connectivity index (χ1) is 4.35. The Hall–Kier alpha value is -0.260. The molecule has 0 aliphatic rings. The Morgan fingerprint density at radius 1 is 1.78 bits per heavy atom. The van der Waals surface area contributed by atoms with Gasteiger partial charge in [0.2, 0.25) is 0 Å². The van der Waals surface area contributed by atoms with Gasteiger partial charge in [0.25, 0.3) is 0 Å². The summed E-state index contributed by atoms with van der Waals surface area (Å²) >= 11 is 5.33. The number of ether oxygens (including phenoxy) is 1. The molecule has 9 heavy (non-hydrogen) atoms. The summed E-state index contributed by atoms with van der Waals surface area (Å²) in [6, 6.07) is 2.01. The maximum atomic E-state index is 8.33. The summed E-state index contributed by atoms with van der Waals surface area (Å²) < 4.78 is 5.00. The molecular weight excluding hydrogens is 138 g/mol. The van der Waals surface area contributed by atoms with Crippen molar-refractivity contribution in [1.82, 2.24) is 0 Å². The molecule has 0 N–H and O–H groups in total. The number of nitriles is 1. The van der Waals surface area contributed by atoms with E-state index in [4.69, 9.17) is 21.6 Å². The number of hydrogen-bond acceptors (Lipinski definition) is 2. The average molecular weight is 148 g/mol. The smallest absolute Gasteiger partial charge is 0.143 e. The summed E-state index contributed by atoms with van der Waals surface area (Å²) in [5, 5.41) is 8.33. The lowest BCUT2D eigenvalue weighted by molar-refractivity contribution is 0.100. The number of hydrogen-bond donors (Lipinski definition) is 0. The van der Waals surface area contributed by atoms with Crippen LogP contribution in [0.4, 0.5) is 0 Å². The standard InChI is InChI=1S/C6H10ClNO/c1-2-6(5-8)9-4-3-7/h6H,2-4H2,1H3. The van der Waals surface area contributed by atoms with Crippen LogP contribution in [-0.2, 0) is 4.74 Å². The minimum absolute atomic E-state index is 0.274. The lowest BCUT2D eigenvalue weighted by Crippen LogP contribution is -2.10. The molecule has 1 unspecified atom stereocenters. The normalized spacial score (nSPS) is 12.6. The van der Waals surface area contributed by atoms with E-state index in [1.807, 2.05) is 13.0 Å². The van der Waals surface area contributed by atoms with Gasteiger partial charge in [-0.2, -0.15) is 5.26 Å². The van der Waals surface area contributed by atoms with Gasteiger partial charge in [-0.05, 0) is 6.42 Å². The van der Waals surface area contributed by atoms with E-state index in [0.29, 0.717) is 12.5 Å². The Kier molecular flexibility index (Phi) is 5.70. The number of rotatable bonds is 4. The zero-order valence-electron chi connectivity index (χ0n) is 5.43. The molecule has 0 spiro atoms. The summed E-state index contributed by atoms with van der Waals surface area (Å²) in [5.74, 6) is 0.457. The average Bonchev–Trinajstić information content (AvgIpc) is 1.91. The van der Waals surface area contributed by atoms with E-state index in [1.165, 1.54) is 0 Å². The lowest BCUT2D eigenvalue weighted by atomic mass is 10.3. The molecule has 0 aromatic rings. The van der Waals surface area contributed by atoms with Crippen LogP contribution in [-0.4, -0.2) is 18.6 Å². The van der Waals surface area contributed by atoms with Crippen LogP contribution in [0.2, 0.25) is 0 Å². The van der Waals surface area contributed by atoms with E-state index < -0.39 is 0 Å². The second-order valence-corrected chi connectivity index (χ2v) is 1.96. The van der Waals surface area contributed by atoms with Gasteiger partial charge in [-0.1, -0.05) is 6.92 Å². The van der Waals surface area contributed by atoms with Crippen molar-refractivity contribution in [2.45, 2.75) is 19.4 Å². The predicted molar refractivity (Wildman–Crippen MR) is 36.4 cm³/mol. The fourth-order valence-electron chi connectivity index (χ4n) is 0.433. The summed E-state index contributed by atoms with van der Waals surface area (Å²) in [7, 11) is 0. The topological polar surface area (TPSA) is 33.0 Å². The molecule has 0 rings (SSSR count). The molecule has 3 heteroatoms. The third-order valence-corrected chi connectivity index (χ3v) is 1.07. The number of nitrogens with zero attached hydrogens (tertiary/aromatic N) is 1. The first-order valence-electron chi connectivity index (χ1n) is 2.92. The Morgan fingerprint density at radius 3 is 2.78 bits per heavy atom. The molecule has 0 bridgehead atoms. The third kappa shape index (κ3) is 4.26. The Bertz CT molecular complexity index is 99.7. The maximum absolute atomic E-state index is 8.33. The van der Waals surface area contributed by atoms with Crippen LogP contribution in [0.25, 0.3) is 0 Å². The second-order valence-electron chi connectivity index (χ2n) is 1.59. The van der Waals surface area contributed by atoms with Crippen LogP contribution in [0, 0.1) is 11.3 Å². The zero-order valence-corrected chi connectivity index (χ0v) is 6.19. The van der Waals surface area contributed by atoms with Gasteiger partial charge in [-0.25, -0.2) is 0 Å². The van der Waals surface area contributed by atoms with Gasteiger partial charge < -0.3 is 4.74 Å². The van der Waals surface area contributed by atoms with Gasteiger partial charge >= 0.3 is 0 Å². The van der Waals surface area contributed by atoms with Crippen molar-refractivity contribution in [2.24, 2.45) is 0 Å². The van der Waals surface area contributed by atoms with Gasteiger partial charge in [0.1, 0.15) is 6.10 Å². The first kappa shape index (κ1) is 8.74. The Balaban J connectivity index is 3.23. The van der Waals surface area contributed by atoms with E-state index in [-0.39, 0.29) is 6.10 Å². The van der Waals surface area contributed by atoms with Gasteiger partial charge in [0, 0.05) is 5.88 Å². The zero-order chi connectivity index (χ0) is 7.11. The monoisotopic (exact) mass is 147 g/mol. The molecule has 0 aliphatic heterocycles. The van der Waals surface area contributed by atoms with Crippen LogP contribution >= 0.6 is 11.6 Å². The highest BCUT2D eigenvalue weighted by atomic mass is 35.5. The molecule has 0 aliphatic carbocycles.